The van der Waals surface area contributed by atoms with Gasteiger partial charge in [0.15, 0.2) is 0 Å². The first-order valence-electron chi connectivity index (χ1n) is 6.01. The number of nitrogens with one attached hydrogen (secondary N) is 1. The van der Waals surface area contributed by atoms with Crippen LogP contribution in [-0.4, -0.2) is 26.3 Å². The lowest BCUT2D eigenvalue weighted by atomic mass is 9.80. The van der Waals surface area contributed by atoms with Gasteiger partial charge in [-0.05, 0) is 24.9 Å². The minimum absolute atomic E-state index is 0.282. The standard InChI is InChI=1S/C14H21NO/c1-14(11-16-2)8-9-15-13(14)10-12-6-4-3-5-7-12/h3-7,13,15H,8-11H2,1-2H3. The molecule has 1 aliphatic heterocycles. The Labute approximate surface area is 98.0 Å². The molecule has 0 bridgehead atoms. The molecule has 16 heavy (non-hydrogen) atoms. The highest BCUT2D eigenvalue weighted by molar-refractivity contribution is 5.17. The highest BCUT2D eigenvalue weighted by Gasteiger charge is 2.38. The van der Waals surface area contributed by atoms with Crippen LogP contribution in [0.15, 0.2) is 30.3 Å². The topological polar surface area (TPSA) is 21.3 Å². The SMILES string of the molecule is COCC1(C)CCNC1Cc1ccccc1. The van der Waals surface area contributed by atoms with E-state index in [-0.39, 0.29) is 5.41 Å². The van der Waals surface area contributed by atoms with Crippen LogP contribution >= 0.6 is 0 Å². The molecule has 1 heterocycles. The van der Waals surface area contributed by atoms with E-state index in [1.807, 2.05) is 0 Å². The van der Waals surface area contributed by atoms with Crippen molar-refractivity contribution in [1.29, 1.82) is 0 Å². The molecule has 1 saturated heterocycles. The third kappa shape index (κ3) is 2.45. The maximum Gasteiger partial charge on any atom is 0.0531 e. The first kappa shape index (κ1) is 11.6. The second-order valence-electron chi connectivity index (χ2n) is 5.03. The molecule has 0 radical (unpaired) electrons. The van der Waals surface area contributed by atoms with Crippen molar-refractivity contribution in [1.82, 2.24) is 5.32 Å². The van der Waals surface area contributed by atoms with Gasteiger partial charge in [0, 0.05) is 18.6 Å². The third-order valence-electron chi connectivity index (χ3n) is 3.68. The lowest BCUT2D eigenvalue weighted by Gasteiger charge is -2.30. The Bertz CT molecular complexity index is 325. The summed E-state index contributed by atoms with van der Waals surface area (Å²) in [5.41, 5.74) is 1.69. The lowest BCUT2D eigenvalue weighted by Crippen LogP contribution is -2.39. The zero-order chi connectivity index (χ0) is 11.4. The van der Waals surface area contributed by atoms with Crippen LogP contribution in [0.5, 0.6) is 0 Å². The van der Waals surface area contributed by atoms with Gasteiger partial charge < -0.3 is 10.1 Å². The Kier molecular flexibility index (Phi) is 3.62. The van der Waals surface area contributed by atoms with Crippen LogP contribution in [0.4, 0.5) is 0 Å². The average Bonchev–Trinajstić information content (AvgIpc) is 2.62. The number of methoxy groups -OCH3 is 1. The van der Waals surface area contributed by atoms with Crippen LogP contribution < -0.4 is 5.32 Å². The van der Waals surface area contributed by atoms with E-state index in [1.165, 1.54) is 12.0 Å². The van der Waals surface area contributed by atoms with Crippen LogP contribution in [0.2, 0.25) is 0 Å². The number of hydrogen-bond donors (Lipinski definition) is 1. The fraction of sp³-hybridized carbons (Fsp3) is 0.571. The fourth-order valence-electron chi connectivity index (χ4n) is 2.62. The van der Waals surface area contributed by atoms with E-state index in [0.717, 1.165) is 19.6 Å². The summed E-state index contributed by atoms with van der Waals surface area (Å²) in [4.78, 5) is 0. The molecular formula is C14H21NO. The van der Waals surface area contributed by atoms with E-state index in [2.05, 4.69) is 42.6 Å². The van der Waals surface area contributed by atoms with Gasteiger partial charge in [-0.3, -0.25) is 0 Å². The summed E-state index contributed by atoms with van der Waals surface area (Å²) in [6.45, 7) is 4.28. The summed E-state index contributed by atoms with van der Waals surface area (Å²) < 4.78 is 5.36. The van der Waals surface area contributed by atoms with E-state index >= 15 is 0 Å². The summed E-state index contributed by atoms with van der Waals surface area (Å²) >= 11 is 0. The first-order chi connectivity index (χ1) is 7.74. The number of hydrogen-bond acceptors (Lipinski definition) is 2. The quantitative estimate of drug-likeness (QED) is 0.838. The number of benzene rings is 1. The van der Waals surface area contributed by atoms with Gasteiger partial charge >= 0.3 is 0 Å². The van der Waals surface area contributed by atoms with Crippen molar-refractivity contribution < 1.29 is 4.74 Å². The Morgan fingerprint density at radius 2 is 2.12 bits per heavy atom. The van der Waals surface area contributed by atoms with Crippen molar-refractivity contribution in [2.75, 3.05) is 20.3 Å². The molecule has 2 heteroatoms. The summed E-state index contributed by atoms with van der Waals surface area (Å²) in [6.07, 6.45) is 2.30. The molecule has 0 aliphatic carbocycles. The average molecular weight is 219 g/mol. The summed E-state index contributed by atoms with van der Waals surface area (Å²) in [5.74, 6) is 0. The van der Waals surface area contributed by atoms with Gasteiger partial charge in [-0.2, -0.15) is 0 Å². The van der Waals surface area contributed by atoms with Crippen LogP contribution in [0.3, 0.4) is 0 Å². The molecule has 1 aromatic carbocycles. The van der Waals surface area contributed by atoms with Gasteiger partial charge in [0.1, 0.15) is 0 Å². The van der Waals surface area contributed by atoms with E-state index in [0.29, 0.717) is 6.04 Å². The molecule has 1 aliphatic rings. The Morgan fingerprint density at radius 3 is 2.81 bits per heavy atom. The first-order valence-corrected chi connectivity index (χ1v) is 6.01. The minimum Gasteiger partial charge on any atom is -0.384 e. The summed E-state index contributed by atoms with van der Waals surface area (Å²) in [7, 11) is 1.79. The zero-order valence-electron chi connectivity index (χ0n) is 10.2. The largest absolute Gasteiger partial charge is 0.384 e. The van der Waals surface area contributed by atoms with Crippen molar-refractivity contribution in [3.8, 4) is 0 Å². The van der Waals surface area contributed by atoms with E-state index in [1.54, 1.807) is 7.11 Å². The van der Waals surface area contributed by atoms with Crippen molar-refractivity contribution in [3.63, 3.8) is 0 Å². The van der Waals surface area contributed by atoms with Crippen LogP contribution in [0.25, 0.3) is 0 Å². The minimum atomic E-state index is 0.282. The molecule has 1 N–H and O–H groups in total. The summed E-state index contributed by atoms with van der Waals surface area (Å²) in [5, 5.41) is 3.60. The van der Waals surface area contributed by atoms with Crippen LogP contribution in [0.1, 0.15) is 18.9 Å². The van der Waals surface area contributed by atoms with Crippen molar-refractivity contribution >= 4 is 0 Å². The normalized spacial score (nSPS) is 29.5. The molecule has 88 valence electrons. The van der Waals surface area contributed by atoms with E-state index < -0.39 is 0 Å². The highest BCUT2D eigenvalue weighted by Crippen LogP contribution is 2.32. The van der Waals surface area contributed by atoms with Gasteiger partial charge in [-0.1, -0.05) is 37.3 Å². The second kappa shape index (κ2) is 4.98. The van der Waals surface area contributed by atoms with Gasteiger partial charge in [0.25, 0.3) is 0 Å². The monoisotopic (exact) mass is 219 g/mol. The Balaban J connectivity index is 2.04. The number of ether oxygens (including phenoxy) is 1. The predicted octanol–water partition coefficient (Wildman–Crippen LogP) is 2.24. The molecule has 2 unspecified atom stereocenters. The van der Waals surface area contributed by atoms with Crippen LogP contribution in [0, 0.1) is 5.41 Å². The Hall–Kier alpha value is -0.860. The van der Waals surface area contributed by atoms with Crippen molar-refractivity contribution in [3.05, 3.63) is 35.9 Å². The number of rotatable bonds is 4. The fourth-order valence-corrected chi connectivity index (χ4v) is 2.62. The zero-order valence-corrected chi connectivity index (χ0v) is 10.2. The summed E-state index contributed by atoms with van der Waals surface area (Å²) in [6, 6.07) is 11.2. The molecule has 2 rings (SSSR count). The maximum atomic E-state index is 5.36. The molecule has 2 atom stereocenters. The molecule has 0 aromatic heterocycles. The highest BCUT2D eigenvalue weighted by atomic mass is 16.5. The van der Waals surface area contributed by atoms with Gasteiger partial charge in [-0.25, -0.2) is 0 Å². The predicted molar refractivity (Wildman–Crippen MR) is 66.5 cm³/mol. The van der Waals surface area contributed by atoms with E-state index in [4.69, 9.17) is 4.74 Å². The molecule has 0 saturated carbocycles. The lowest BCUT2D eigenvalue weighted by molar-refractivity contribution is 0.0822. The van der Waals surface area contributed by atoms with E-state index in [9.17, 15) is 0 Å². The smallest absolute Gasteiger partial charge is 0.0531 e. The van der Waals surface area contributed by atoms with Crippen molar-refractivity contribution in [2.45, 2.75) is 25.8 Å². The maximum absolute atomic E-state index is 5.36. The molecule has 1 aromatic rings. The molecular weight excluding hydrogens is 198 g/mol. The molecule has 0 spiro atoms. The van der Waals surface area contributed by atoms with Crippen LogP contribution in [-0.2, 0) is 11.2 Å². The molecule has 2 nitrogen and oxygen atoms in total. The van der Waals surface area contributed by atoms with Gasteiger partial charge in [0.05, 0.1) is 6.61 Å². The molecule has 1 fully saturated rings. The van der Waals surface area contributed by atoms with Gasteiger partial charge in [0.2, 0.25) is 0 Å². The molecule has 0 amide bonds. The second-order valence-corrected chi connectivity index (χ2v) is 5.03. The van der Waals surface area contributed by atoms with Crippen molar-refractivity contribution in [2.24, 2.45) is 5.41 Å². The Morgan fingerprint density at radius 1 is 1.38 bits per heavy atom. The van der Waals surface area contributed by atoms with Gasteiger partial charge in [-0.15, -0.1) is 0 Å². The third-order valence-corrected chi connectivity index (χ3v) is 3.68.